The molecule has 0 aliphatic heterocycles. The highest BCUT2D eigenvalue weighted by molar-refractivity contribution is 5.79. The minimum absolute atomic E-state index is 0.00311. The van der Waals surface area contributed by atoms with Gasteiger partial charge in [-0.1, -0.05) is 12.1 Å². The molecule has 21 heavy (non-hydrogen) atoms. The average Bonchev–Trinajstić information content (AvgIpc) is 2.85. The summed E-state index contributed by atoms with van der Waals surface area (Å²) in [5.41, 5.74) is 6.65. The average molecular weight is 298 g/mol. The van der Waals surface area contributed by atoms with Gasteiger partial charge in [0.15, 0.2) is 0 Å². The molecule has 0 spiro atoms. The van der Waals surface area contributed by atoms with Crippen molar-refractivity contribution >= 4 is 5.91 Å². The van der Waals surface area contributed by atoms with Crippen LogP contribution >= 0.6 is 0 Å². The Hall–Kier alpha value is -1.69. The molecule has 1 aromatic carbocycles. The van der Waals surface area contributed by atoms with Crippen LogP contribution in [0.25, 0.3) is 0 Å². The number of nitrogens with two attached hydrogens (primary N) is 1. The van der Waals surface area contributed by atoms with Crippen LogP contribution in [0.5, 0.6) is 5.75 Å². The third kappa shape index (κ3) is 4.39. The van der Waals surface area contributed by atoms with E-state index in [1.54, 1.807) is 12.1 Å². The Morgan fingerprint density at radius 2 is 2.00 bits per heavy atom. The van der Waals surface area contributed by atoms with Gasteiger partial charge in [-0.05, 0) is 43.9 Å². The fourth-order valence-corrected chi connectivity index (χ4v) is 2.61. The van der Waals surface area contributed by atoms with Gasteiger partial charge in [0.05, 0.1) is 6.04 Å². The predicted octanol–water partition coefficient (Wildman–Crippen LogP) is 2.59. The zero-order valence-electron chi connectivity index (χ0n) is 11.9. The third-order valence-corrected chi connectivity index (χ3v) is 3.81. The lowest BCUT2D eigenvalue weighted by atomic mass is 10.0. The van der Waals surface area contributed by atoms with Gasteiger partial charge >= 0.3 is 6.61 Å². The topological polar surface area (TPSA) is 64.4 Å². The van der Waals surface area contributed by atoms with E-state index in [1.807, 2.05) is 6.92 Å². The summed E-state index contributed by atoms with van der Waals surface area (Å²) in [7, 11) is 0. The number of benzene rings is 1. The highest BCUT2D eigenvalue weighted by atomic mass is 19.3. The molecule has 3 unspecified atom stereocenters. The van der Waals surface area contributed by atoms with Crippen molar-refractivity contribution in [3.63, 3.8) is 0 Å². The summed E-state index contributed by atoms with van der Waals surface area (Å²) in [6.07, 6.45) is 2.42. The van der Waals surface area contributed by atoms with E-state index in [1.165, 1.54) is 12.1 Å². The first-order valence-electron chi connectivity index (χ1n) is 7.06. The molecule has 0 aromatic heterocycles. The standard InChI is InChI=1S/C15H20F2N2O2/c1-9(19-14(20)11-2-5-12(18)8-11)10-3-6-13(7-4-10)21-15(16)17/h3-4,6-7,9,11-12,15H,2,5,8,18H2,1H3,(H,19,20). The first kappa shape index (κ1) is 15.7. The van der Waals surface area contributed by atoms with E-state index >= 15 is 0 Å². The highest BCUT2D eigenvalue weighted by Crippen LogP contribution is 2.25. The molecule has 1 aliphatic rings. The number of ether oxygens (including phenoxy) is 1. The van der Waals surface area contributed by atoms with E-state index in [9.17, 15) is 13.6 Å². The molecule has 6 heteroatoms. The molecular formula is C15H20F2N2O2. The SMILES string of the molecule is CC(NC(=O)C1CCC(N)C1)c1ccc(OC(F)F)cc1. The van der Waals surface area contributed by atoms with Crippen molar-refractivity contribution < 1.29 is 18.3 Å². The summed E-state index contributed by atoms with van der Waals surface area (Å²) in [6, 6.07) is 6.20. The molecule has 3 N–H and O–H groups in total. The lowest BCUT2D eigenvalue weighted by molar-refractivity contribution is -0.125. The van der Waals surface area contributed by atoms with Gasteiger partial charge in [-0.2, -0.15) is 8.78 Å². The minimum Gasteiger partial charge on any atom is -0.435 e. The third-order valence-electron chi connectivity index (χ3n) is 3.81. The van der Waals surface area contributed by atoms with Crippen LogP contribution in [0.2, 0.25) is 0 Å². The van der Waals surface area contributed by atoms with Gasteiger partial charge in [0.25, 0.3) is 0 Å². The first-order chi connectivity index (χ1) is 9.95. The number of halogens is 2. The maximum absolute atomic E-state index is 12.1. The van der Waals surface area contributed by atoms with Crippen molar-refractivity contribution in [2.24, 2.45) is 11.7 Å². The molecule has 4 nitrogen and oxygen atoms in total. The summed E-state index contributed by atoms with van der Waals surface area (Å²) in [5.74, 6) is 0.0845. The van der Waals surface area contributed by atoms with Gasteiger partial charge < -0.3 is 15.8 Å². The zero-order valence-corrected chi connectivity index (χ0v) is 11.9. The molecule has 0 radical (unpaired) electrons. The Kier molecular flexibility index (Phi) is 5.12. The largest absolute Gasteiger partial charge is 0.435 e. The predicted molar refractivity (Wildman–Crippen MR) is 74.9 cm³/mol. The fourth-order valence-electron chi connectivity index (χ4n) is 2.61. The monoisotopic (exact) mass is 298 g/mol. The van der Waals surface area contributed by atoms with Gasteiger partial charge in [-0.25, -0.2) is 0 Å². The Morgan fingerprint density at radius 3 is 2.52 bits per heavy atom. The van der Waals surface area contributed by atoms with Crippen LogP contribution in [-0.4, -0.2) is 18.6 Å². The van der Waals surface area contributed by atoms with Gasteiger partial charge in [0, 0.05) is 12.0 Å². The van der Waals surface area contributed by atoms with Crippen molar-refractivity contribution in [1.82, 2.24) is 5.32 Å². The number of nitrogens with one attached hydrogen (secondary N) is 1. The molecule has 2 rings (SSSR count). The van der Waals surface area contributed by atoms with E-state index in [2.05, 4.69) is 10.1 Å². The van der Waals surface area contributed by atoms with Crippen LogP contribution in [0, 0.1) is 5.92 Å². The van der Waals surface area contributed by atoms with Crippen LogP contribution in [0.15, 0.2) is 24.3 Å². The van der Waals surface area contributed by atoms with E-state index in [0.29, 0.717) is 0 Å². The van der Waals surface area contributed by atoms with E-state index < -0.39 is 6.61 Å². The number of hydrogen-bond donors (Lipinski definition) is 2. The Balaban J connectivity index is 1.90. The first-order valence-corrected chi connectivity index (χ1v) is 7.06. The summed E-state index contributed by atoms with van der Waals surface area (Å²) in [4.78, 5) is 12.1. The zero-order chi connectivity index (χ0) is 15.4. The number of rotatable bonds is 5. The Labute approximate surface area is 122 Å². The van der Waals surface area contributed by atoms with E-state index in [0.717, 1.165) is 24.8 Å². The second kappa shape index (κ2) is 6.85. The van der Waals surface area contributed by atoms with Gasteiger partial charge in [0.2, 0.25) is 5.91 Å². The molecule has 0 bridgehead atoms. The van der Waals surface area contributed by atoms with E-state index in [4.69, 9.17) is 5.73 Å². The number of alkyl halides is 2. The molecule has 116 valence electrons. The summed E-state index contributed by atoms with van der Waals surface area (Å²) >= 11 is 0. The normalized spacial score (nSPS) is 23.1. The van der Waals surface area contributed by atoms with Gasteiger partial charge in [-0.15, -0.1) is 0 Å². The molecule has 1 fully saturated rings. The van der Waals surface area contributed by atoms with Crippen LogP contribution in [0.3, 0.4) is 0 Å². The quantitative estimate of drug-likeness (QED) is 0.878. The molecular weight excluding hydrogens is 278 g/mol. The summed E-state index contributed by atoms with van der Waals surface area (Å²) in [6.45, 7) is -0.977. The molecule has 1 saturated carbocycles. The maximum Gasteiger partial charge on any atom is 0.387 e. The van der Waals surface area contributed by atoms with Gasteiger partial charge in [0.1, 0.15) is 5.75 Å². The fraction of sp³-hybridized carbons (Fsp3) is 0.533. The highest BCUT2D eigenvalue weighted by Gasteiger charge is 2.28. The van der Waals surface area contributed by atoms with Crippen LogP contribution in [-0.2, 0) is 4.79 Å². The van der Waals surface area contributed by atoms with Crippen LogP contribution < -0.4 is 15.8 Å². The lowest BCUT2D eigenvalue weighted by Gasteiger charge is -2.18. The molecule has 3 atom stereocenters. The summed E-state index contributed by atoms with van der Waals surface area (Å²) in [5, 5.41) is 2.94. The van der Waals surface area contributed by atoms with Crippen molar-refractivity contribution in [2.45, 2.75) is 44.9 Å². The minimum atomic E-state index is -2.83. The Morgan fingerprint density at radius 1 is 1.33 bits per heavy atom. The maximum atomic E-state index is 12.1. The number of hydrogen-bond acceptors (Lipinski definition) is 3. The summed E-state index contributed by atoms with van der Waals surface area (Å²) < 4.78 is 28.4. The molecule has 1 aromatic rings. The van der Waals surface area contributed by atoms with Gasteiger partial charge in [-0.3, -0.25) is 4.79 Å². The van der Waals surface area contributed by atoms with Crippen LogP contribution in [0.1, 0.15) is 37.8 Å². The van der Waals surface area contributed by atoms with Crippen molar-refractivity contribution in [2.75, 3.05) is 0 Å². The molecule has 0 heterocycles. The van der Waals surface area contributed by atoms with Crippen molar-refractivity contribution in [3.05, 3.63) is 29.8 Å². The smallest absolute Gasteiger partial charge is 0.387 e. The second-order valence-corrected chi connectivity index (χ2v) is 5.45. The van der Waals surface area contributed by atoms with E-state index in [-0.39, 0.29) is 29.7 Å². The number of carbonyl (C=O) groups is 1. The molecule has 0 saturated heterocycles. The van der Waals surface area contributed by atoms with Crippen LogP contribution in [0.4, 0.5) is 8.78 Å². The Bertz CT molecular complexity index is 479. The van der Waals surface area contributed by atoms with Crippen molar-refractivity contribution in [3.8, 4) is 5.75 Å². The lowest BCUT2D eigenvalue weighted by Crippen LogP contribution is -2.32. The van der Waals surface area contributed by atoms with Crippen molar-refractivity contribution in [1.29, 1.82) is 0 Å². The number of amides is 1. The molecule has 1 amide bonds. The molecule has 1 aliphatic carbocycles. The number of carbonyl (C=O) groups excluding carboxylic acids is 1. The second-order valence-electron chi connectivity index (χ2n) is 5.45.